The quantitative estimate of drug-likeness (QED) is 0.370. The van der Waals surface area contributed by atoms with Gasteiger partial charge in [-0.3, -0.25) is 9.59 Å². The van der Waals surface area contributed by atoms with Crippen LogP contribution in [0.15, 0.2) is 5.16 Å². The number of aromatic nitrogens is 3. The molecule has 2 aromatic rings. The Hall–Kier alpha value is -2.40. The first-order valence-corrected chi connectivity index (χ1v) is 14.4. The minimum absolute atomic E-state index is 0.0917. The molecule has 0 spiro atoms. The second-order valence-corrected chi connectivity index (χ2v) is 12.7. The molecule has 2 heterocycles. The number of nitrogens with one attached hydrogen (secondary N) is 1. The average molecular weight is 532 g/mol. The van der Waals surface area contributed by atoms with E-state index in [0.29, 0.717) is 16.1 Å². The summed E-state index contributed by atoms with van der Waals surface area (Å²) >= 11 is 2.29. The fraction of sp³-hybridized carbons (Fsp3) is 0.640. The Morgan fingerprint density at radius 3 is 2.39 bits per heavy atom. The standard InChI is InChI=1S/C25H33N5O4S2/c1-4-34-23(33)19-13(2)20(21(26)32)36-22(19)27-18(31)12-35-24-29-28-17(30(24)3)11-25-8-14-5-15(9-25)7-16(6-14)10-25/h14-16H,4-12H2,1-3H3,(H2,26,32)(H,27,31). The molecule has 0 unspecified atom stereocenters. The van der Waals surface area contributed by atoms with E-state index in [1.165, 1.54) is 50.3 Å². The van der Waals surface area contributed by atoms with Crippen molar-refractivity contribution < 1.29 is 19.1 Å². The number of amides is 2. The van der Waals surface area contributed by atoms with E-state index in [9.17, 15) is 14.4 Å². The van der Waals surface area contributed by atoms with Crippen molar-refractivity contribution in [2.24, 2.45) is 36.0 Å². The minimum atomic E-state index is -0.649. The molecule has 0 atom stereocenters. The Kier molecular flexibility index (Phi) is 6.88. The maximum Gasteiger partial charge on any atom is 0.341 e. The number of nitrogens with zero attached hydrogens (tertiary/aromatic N) is 3. The molecule has 0 radical (unpaired) electrons. The predicted octanol–water partition coefficient (Wildman–Crippen LogP) is 3.95. The monoisotopic (exact) mass is 531 g/mol. The molecule has 2 aromatic heterocycles. The van der Waals surface area contributed by atoms with Crippen LogP contribution in [0.4, 0.5) is 5.00 Å². The Morgan fingerprint density at radius 2 is 1.81 bits per heavy atom. The highest BCUT2D eigenvalue weighted by atomic mass is 32.2. The lowest BCUT2D eigenvalue weighted by atomic mass is 9.49. The van der Waals surface area contributed by atoms with Gasteiger partial charge in [0.25, 0.3) is 5.91 Å². The molecular formula is C25H33N5O4S2. The van der Waals surface area contributed by atoms with Gasteiger partial charge in [0.15, 0.2) is 5.16 Å². The fourth-order valence-electron chi connectivity index (χ4n) is 7.05. The first kappa shape index (κ1) is 25.3. The molecule has 4 bridgehead atoms. The number of hydrogen-bond acceptors (Lipinski definition) is 8. The number of ether oxygens (including phenoxy) is 1. The van der Waals surface area contributed by atoms with Crippen LogP contribution < -0.4 is 11.1 Å². The van der Waals surface area contributed by atoms with Crippen LogP contribution in [-0.2, 0) is 23.0 Å². The summed E-state index contributed by atoms with van der Waals surface area (Å²) in [5.74, 6) is 2.19. The lowest BCUT2D eigenvalue weighted by Gasteiger charge is -2.56. The zero-order valence-corrected chi connectivity index (χ0v) is 22.6. The zero-order chi connectivity index (χ0) is 25.6. The van der Waals surface area contributed by atoms with Crippen molar-refractivity contribution in [2.75, 3.05) is 17.7 Å². The molecule has 194 valence electrons. The number of hydrogen-bond donors (Lipinski definition) is 2. The number of nitrogens with two attached hydrogens (primary N) is 1. The molecule has 11 heteroatoms. The van der Waals surface area contributed by atoms with E-state index in [2.05, 4.69) is 15.5 Å². The van der Waals surface area contributed by atoms with Crippen molar-refractivity contribution in [3.8, 4) is 0 Å². The topological polar surface area (TPSA) is 129 Å². The van der Waals surface area contributed by atoms with Crippen LogP contribution in [0.3, 0.4) is 0 Å². The van der Waals surface area contributed by atoms with Crippen molar-refractivity contribution in [1.82, 2.24) is 14.8 Å². The van der Waals surface area contributed by atoms with Crippen LogP contribution in [0.5, 0.6) is 0 Å². The molecule has 36 heavy (non-hydrogen) atoms. The van der Waals surface area contributed by atoms with Crippen LogP contribution in [0.1, 0.15) is 76.9 Å². The maximum absolute atomic E-state index is 12.8. The lowest BCUT2D eigenvalue weighted by molar-refractivity contribution is -0.113. The molecule has 0 saturated heterocycles. The Bertz CT molecular complexity index is 1170. The summed E-state index contributed by atoms with van der Waals surface area (Å²) in [6, 6.07) is 0. The first-order chi connectivity index (χ1) is 17.2. The Balaban J connectivity index is 1.23. The van der Waals surface area contributed by atoms with Crippen molar-refractivity contribution >= 4 is 45.9 Å². The second kappa shape index (κ2) is 9.81. The third kappa shape index (κ3) is 4.79. The highest BCUT2D eigenvalue weighted by molar-refractivity contribution is 7.99. The van der Waals surface area contributed by atoms with E-state index < -0.39 is 11.9 Å². The molecule has 0 aliphatic heterocycles. The lowest BCUT2D eigenvalue weighted by Crippen LogP contribution is -2.47. The summed E-state index contributed by atoms with van der Waals surface area (Å²) in [6.07, 6.45) is 9.14. The zero-order valence-electron chi connectivity index (χ0n) is 21.0. The number of carbonyl (C=O) groups is 3. The largest absolute Gasteiger partial charge is 0.462 e. The van der Waals surface area contributed by atoms with Gasteiger partial charge in [-0.1, -0.05) is 11.8 Å². The van der Waals surface area contributed by atoms with Gasteiger partial charge >= 0.3 is 5.97 Å². The Morgan fingerprint density at radius 1 is 1.17 bits per heavy atom. The van der Waals surface area contributed by atoms with Gasteiger partial charge in [0, 0.05) is 13.5 Å². The number of thioether (sulfide) groups is 1. The number of carbonyl (C=O) groups excluding carboxylic acids is 3. The van der Waals surface area contributed by atoms with E-state index in [0.717, 1.165) is 41.3 Å². The number of rotatable bonds is 9. The van der Waals surface area contributed by atoms with Gasteiger partial charge in [0.05, 0.1) is 22.8 Å². The fourth-order valence-corrected chi connectivity index (χ4v) is 8.84. The number of anilines is 1. The van der Waals surface area contributed by atoms with E-state index in [1.807, 2.05) is 11.6 Å². The van der Waals surface area contributed by atoms with E-state index in [4.69, 9.17) is 10.5 Å². The van der Waals surface area contributed by atoms with Crippen LogP contribution >= 0.6 is 23.1 Å². The number of esters is 1. The summed E-state index contributed by atoms with van der Waals surface area (Å²) in [6.45, 7) is 3.50. The van der Waals surface area contributed by atoms with Crippen LogP contribution in [0, 0.1) is 30.1 Å². The molecule has 2 amide bonds. The van der Waals surface area contributed by atoms with Gasteiger partial charge < -0.3 is 20.4 Å². The normalized spacial score (nSPS) is 26.2. The van der Waals surface area contributed by atoms with Gasteiger partial charge in [-0.2, -0.15) is 0 Å². The molecule has 9 nitrogen and oxygen atoms in total. The predicted molar refractivity (Wildman–Crippen MR) is 138 cm³/mol. The first-order valence-electron chi connectivity index (χ1n) is 12.6. The highest BCUT2D eigenvalue weighted by Crippen LogP contribution is 2.61. The highest BCUT2D eigenvalue weighted by Gasteiger charge is 2.51. The van der Waals surface area contributed by atoms with Crippen LogP contribution in [0.2, 0.25) is 0 Å². The SMILES string of the molecule is CCOC(=O)c1c(NC(=O)CSc2nnc(CC34CC5CC(CC(C5)C3)C4)n2C)sc(C(N)=O)c1C. The molecule has 3 N–H and O–H groups in total. The number of primary amides is 1. The maximum atomic E-state index is 12.8. The van der Waals surface area contributed by atoms with Crippen molar-refractivity contribution in [3.05, 3.63) is 21.8 Å². The van der Waals surface area contributed by atoms with Gasteiger partial charge in [-0.15, -0.1) is 21.5 Å². The van der Waals surface area contributed by atoms with Crippen molar-refractivity contribution in [2.45, 2.75) is 63.9 Å². The molecular weight excluding hydrogens is 498 g/mol. The molecule has 4 saturated carbocycles. The number of thiophene rings is 1. The van der Waals surface area contributed by atoms with Gasteiger partial charge in [0.1, 0.15) is 10.8 Å². The summed E-state index contributed by atoms with van der Waals surface area (Å²) in [5.41, 5.74) is 6.40. The Labute approximate surface area is 218 Å². The summed E-state index contributed by atoms with van der Waals surface area (Å²) in [4.78, 5) is 37.2. The molecule has 4 aliphatic rings. The van der Waals surface area contributed by atoms with E-state index >= 15 is 0 Å². The van der Waals surface area contributed by atoms with E-state index in [-0.39, 0.29) is 33.7 Å². The summed E-state index contributed by atoms with van der Waals surface area (Å²) in [5, 5.41) is 12.6. The van der Waals surface area contributed by atoms with E-state index in [1.54, 1.807) is 13.8 Å². The summed E-state index contributed by atoms with van der Waals surface area (Å²) in [7, 11) is 1.97. The van der Waals surface area contributed by atoms with Crippen molar-refractivity contribution in [1.29, 1.82) is 0 Å². The minimum Gasteiger partial charge on any atom is -0.462 e. The second-order valence-electron chi connectivity index (χ2n) is 10.7. The molecule has 6 rings (SSSR count). The third-order valence-electron chi connectivity index (χ3n) is 8.06. The van der Waals surface area contributed by atoms with Crippen molar-refractivity contribution in [3.63, 3.8) is 0 Å². The van der Waals surface area contributed by atoms with Gasteiger partial charge in [-0.25, -0.2) is 4.79 Å². The van der Waals surface area contributed by atoms with Crippen LogP contribution in [0.25, 0.3) is 0 Å². The summed E-state index contributed by atoms with van der Waals surface area (Å²) < 4.78 is 7.12. The smallest absolute Gasteiger partial charge is 0.341 e. The van der Waals surface area contributed by atoms with Gasteiger partial charge in [-0.05, 0) is 81.1 Å². The third-order valence-corrected chi connectivity index (χ3v) is 10.3. The van der Waals surface area contributed by atoms with Crippen LogP contribution in [-0.4, -0.2) is 44.9 Å². The molecule has 4 aliphatic carbocycles. The van der Waals surface area contributed by atoms with Gasteiger partial charge in [0.2, 0.25) is 5.91 Å². The molecule has 0 aromatic carbocycles. The molecule has 4 fully saturated rings. The average Bonchev–Trinajstić information content (AvgIpc) is 3.30.